The summed E-state index contributed by atoms with van der Waals surface area (Å²) in [6, 6.07) is 17.1. The number of hydrogen-bond acceptors (Lipinski definition) is 7. The normalized spacial score (nSPS) is 16.4. The topological polar surface area (TPSA) is 133 Å². The van der Waals surface area contributed by atoms with E-state index in [1.165, 1.54) is 4.68 Å². The number of carbonyl (C=O) groups is 2. The van der Waals surface area contributed by atoms with E-state index in [1.54, 1.807) is 18.5 Å². The largest absolute Gasteiger partial charge is 0.397 e. The average Bonchev–Trinajstić information content (AvgIpc) is 3.48. The molecule has 2 saturated heterocycles. The number of aromatic amines is 1. The van der Waals surface area contributed by atoms with Crippen molar-refractivity contribution in [1.29, 1.82) is 0 Å². The van der Waals surface area contributed by atoms with E-state index in [0.29, 0.717) is 75.1 Å². The number of nitrogen functional groups attached to an aromatic ring is 1. The van der Waals surface area contributed by atoms with Crippen LogP contribution in [0.15, 0.2) is 71.8 Å². The summed E-state index contributed by atoms with van der Waals surface area (Å²) in [4.78, 5) is 53.4. The van der Waals surface area contributed by atoms with Crippen LogP contribution in [-0.2, 0) is 16.0 Å². The Balaban J connectivity index is 1.12. The number of nitrogens with zero attached hydrogens (tertiary/aromatic N) is 6. The molecule has 0 bridgehead atoms. The lowest BCUT2D eigenvalue weighted by Crippen LogP contribution is -2.51. The number of nitrogens with one attached hydrogen (secondary N) is 1. The van der Waals surface area contributed by atoms with Gasteiger partial charge in [0, 0.05) is 69.3 Å². The van der Waals surface area contributed by atoms with Crippen LogP contribution in [-0.4, -0.2) is 80.6 Å². The molecule has 1 atom stereocenters. The molecule has 0 unspecified atom stereocenters. The highest BCUT2D eigenvalue weighted by Gasteiger charge is 2.33. The van der Waals surface area contributed by atoms with Gasteiger partial charge in [-0.1, -0.05) is 48.0 Å². The summed E-state index contributed by atoms with van der Waals surface area (Å²) < 4.78 is 1.51. The highest BCUT2D eigenvalue weighted by molar-refractivity contribution is 6.33. The van der Waals surface area contributed by atoms with E-state index in [0.717, 1.165) is 22.4 Å². The molecule has 6 rings (SSSR count). The molecule has 2 aliphatic rings. The first kappa shape index (κ1) is 31.3. The van der Waals surface area contributed by atoms with Crippen molar-refractivity contribution in [3.8, 4) is 11.4 Å². The second kappa shape index (κ2) is 13.8. The third kappa shape index (κ3) is 6.94. The maximum atomic E-state index is 14.0. The number of halogens is 1. The van der Waals surface area contributed by atoms with Gasteiger partial charge in [0.25, 0.3) is 0 Å². The fourth-order valence-electron chi connectivity index (χ4n) is 6.48. The zero-order chi connectivity index (χ0) is 32.2. The lowest BCUT2D eigenvalue weighted by molar-refractivity contribution is -0.142. The standard InChI is InChI=1S/C34H39ClN8O3/c1-23-19-24(21-29(35)31(23)36)20-26(33(45)42-17-15-40(16-18-42)27-7-11-37-12-8-27)22-30(44)41-13-9-28(10-14-41)43-34(46)38-32(39-43)25-5-3-2-4-6-25/h2-8,11-12,19,21,26,28H,9-10,13-18,20,22,36H2,1H3,(H,38,39,46)/t26-/m0/s1. The molecule has 4 heterocycles. The first-order valence-corrected chi connectivity index (χ1v) is 16.1. The second-order valence-corrected chi connectivity index (χ2v) is 12.5. The Morgan fingerprint density at radius 3 is 2.35 bits per heavy atom. The average molecular weight is 643 g/mol. The molecule has 3 N–H and O–H groups in total. The van der Waals surface area contributed by atoms with Crippen LogP contribution in [0.25, 0.3) is 11.4 Å². The van der Waals surface area contributed by atoms with Gasteiger partial charge in [-0.15, -0.1) is 5.10 Å². The minimum absolute atomic E-state index is 0.0280. The number of amides is 2. The lowest BCUT2D eigenvalue weighted by atomic mass is 9.92. The molecule has 2 amide bonds. The van der Waals surface area contributed by atoms with E-state index in [1.807, 2.05) is 65.3 Å². The van der Waals surface area contributed by atoms with E-state index in [-0.39, 0.29) is 30.0 Å². The summed E-state index contributed by atoms with van der Waals surface area (Å²) >= 11 is 6.41. The van der Waals surface area contributed by atoms with Gasteiger partial charge in [-0.25, -0.2) is 9.48 Å². The van der Waals surface area contributed by atoms with Gasteiger partial charge in [-0.2, -0.15) is 0 Å². The van der Waals surface area contributed by atoms with Gasteiger partial charge >= 0.3 is 5.69 Å². The van der Waals surface area contributed by atoms with Crippen molar-refractivity contribution >= 4 is 34.8 Å². The molecule has 2 fully saturated rings. The smallest absolute Gasteiger partial charge is 0.343 e. The van der Waals surface area contributed by atoms with E-state index in [9.17, 15) is 14.4 Å². The van der Waals surface area contributed by atoms with Gasteiger partial charge in [-0.3, -0.25) is 19.6 Å². The summed E-state index contributed by atoms with van der Waals surface area (Å²) in [6.45, 7) is 5.42. The summed E-state index contributed by atoms with van der Waals surface area (Å²) in [5.41, 5.74) is 10.0. The Bertz CT molecular complexity index is 1700. The monoisotopic (exact) mass is 642 g/mol. The maximum Gasteiger partial charge on any atom is 0.343 e. The van der Waals surface area contributed by atoms with Gasteiger partial charge in [0.2, 0.25) is 11.8 Å². The number of H-pyrrole nitrogens is 1. The Morgan fingerprint density at radius 2 is 1.67 bits per heavy atom. The number of rotatable bonds is 8. The van der Waals surface area contributed by atoms with Crippen LogP contribution in [0.1, 0.15) is 36.4 Å². The molecule has 46 heavy (non-hydrogen) atoms. The van der Waals surface area contributed by atoms with Gasteiger partial charge in [0.05, 0.1) is 22.7 Å². The number of carbonyl (C=O) groups excluding carboxylic acids is 2. The van der Waals surface area contributed by atoms with Crippen molar-refractivity contribution in [3.05, 3.63) is 93.6 Å². The molecule has 4 aromatic rings. The van der Waals surface area contributed by atoms with Gasteiger partial charge in [-0.05, 0) is 55.5 Å². The highest BCUT2D eigenvalue weighted by atomic mass is 35.5. The summed E-state index contributed by atoms with van der Waals surface area (Å²) in [5.74, 6) is -0.103. The SMILES string of the molecule is Cc1cc(C[C@@H](CC(=O)N2CCC(n3nc(-c4ccccc4)[nH]c3=O)CC2)C(=O)N2CCN(c3ccncc3)CC2)cc(Cl)c1N. The molecular weight excluding hydrogens is 604 g/mol. The molecule has 12 heteroatoms. The van der Waals surface area contributed by atoms with Crippen LogP contribution < -0.4 is 16.3 Å². The molecule has 0 aliphatic carbocycles. The van der Waals surface area contributed by atoms with Crippen LogP contribution >= 0.6 is 11.6 Å². The molecule has 2 aromatic carbocycles. The molecule has 0 saturated carbocycles. The van der Waals surface area contributed by atoms with Gasteiger partial charge in [0.1, 0.15) is 0 Å². The molecule has 0 radical (unpaired) electrons. The predicted molar refractivity (Wildman–Crippen MR) is 179 cm³/mol. The van der Waals surface area contributed by atoms with Crippen molar-refractivity contribution in [2.75, 3.05) is 49.9 Å². The van der Waals surface area contributed by atoms with E-state index >= 15 is 0 Å². The third-order valence-electron chi connectivity index (χ3n) is 9.12. The lowest BCUT2D eigenvalue weighted by Gasteiger charge is -2.38. The number of aromatic nitrogens is 4. The number of nitrogens with two attached hydrogens (primary N) is 1. The third-order valence-corrected chi connectivity index (χ3v) is 9.43. The number of piperazine rings is 1. The minimum atomic E-state index is -0.542. The Kier molecular flexibility index (Phi) is 9.39. The van der Waals surface area contributed by atoms with Crippen molar-refractivity contribution in [2.45, 2.75) is 38.6 Å². The molecule has 0 spiro atoms. The van der Waals surface area contributed by atoms with Crippen molar-refractivity contribution in [3.63, 3.8) is 0 Å². The van der Waals surface area contributed by atoms with Crippen LogP contribution in [0.2, 0.25) is 5.02 Å². The Morgan fingerprint density at radius 1 is 0.978 bits per heavy atom. The number of likely N-dealkylation sites (tertiary alicyclic amines) is 1. The van der Waals surface area contributed by atoms with Gasteiger partial charge < -0.3 is 20.4 Å². The van der Waals surface area contributed by atoms with Crippen molar-refractivity contribution in [1.82, 2.24) is 29.5 Å². The van der Waals surface area contributed by atoms with Crippen molar-refractivity contribution < 1.29 is 9.59 Å². The quantitative estimate of drug-likeness (QED) is 0.278. The number of pyridine rings is 1. The van der Waals surface area contributed by atoms with Crippen LogP contribution in [0.5, 0.6) is 0 Å². The molecule has 240 valence electrons. The van der Waals surface area contributed by atoms with Crippen LogP contribution in [0, 0.1) is 12.8 Å². The highest BCUT2D eigenvalue weighted by Crippen LogP contribution is 2.29. The van der Waals surface area contributed by atoms with E-state index in [4.69, 9.17) is 17.3 Å². The Hall–Kier alpha value is -4.64. The summed E-state index contributed by atoms with van der Waals surface area (Å²) in [7, 11) is 0. The minimum Gasteiger partial charge on any atom is -0.397 e. The molecular formula is C34H39ClN8O3. The molecule has 2 aliphatic heterocycles. The first-order chi connectivity index (χ1) is 22.3. The van der Waals surface area contributed by atoms with E-state index in [2.05, 4.69) is 20.0 Å². The fourth-order valence-corrected chi connectivity index (χ4v) is 6.77. The van der Waals surface area contributed by atoms with Crippen LogP contribution in [0.4, 0.5) is 11.4 Å². The number of aryl methyl sites for hydroxylation is 1. The molecule has 2 aromatic heterocycles. The van der Waals surface area contributed by atoms with E-state index < -0.39 is 5.92 Å². The number of hydrogen-bond donors (Lipinski definition) is 2. The summed E-state index contributed by atoms with van der Waals surface area (Å²) in [6.07, 6.45) is 5.23. The second-order valence-electron chi connectivity index (χ2n) is 12.1. The number of benzene rings is 2. The number of piperidine rings is 1. The fraction of sp³-hybridized carbons (Fsp3) is 0.382. The zero-order valence-corrected chi connectivity index (χ0v) is 26.7. The Labute approximate surface area is 273 Å². The molecule has 11 nitrogen and oxygen atoms in total. The predicted octanol–water partition coefficient (Wildman–Crippen LogP) is 3.94. The zero-order valence-electron chi connectivity index (χ0n) is 25.9. The summed E-state index contributed by atoms with van der Waals surface area (Å²) in [5, 5.41) is 5.01. The maximum absolute atomic E-state index is 14.0. The number of anilines is 2. The van der Waals surface area contributed by atoms with Crippen molar-refractivity contribution in [2.24, 2.45) is 5.92 Å². The van der Waals surface area contributed by atoms with Gasteiger partial charge in [0.15, 0.2) is 5.82 Å². The van der Waals surface area contributed by atoms with Crippen LogP contribution in [0.3, 0.4) is 0 Å². The first-order valence-electron chi connectivity index (χ1n) is 15.8.